The number of aliphatic hydroxyl groups is 1. The van der Waals surface area contributed by atoms with Gasteiger partial charge in [-0.2, -0.15) is 0 Å². The van der Waals surface area contributed by atoms with Crippen LogP contribution in [0.5, 0.6) is 5.75 Å². The van der Waals surface area contributed by atoms with Crippen LogP contribution in [0, 0.1) is 11.6 Å². The Morgan fingerprint density at radius 3 is 2.19 bits per heavy atom. The molecule has 0 saturated heterocycles. The predicted molar refractivity (Wildman–Crippen MR) is 77.2 cm³/mol. The van der Waals surface area contributed by atoms with E-state index in [4.69, 9.17) is 4.74 Å². The molecule has 1 unspecified atom stereocenters. The highest BCUT2D eigenvalue weighted by Gasteiger charge is 2.27. The Morgan fingerprint density at radius 2 is 1.62 bits per heavy atom. The third-order valence-electron chi connectivity index (χ3n) is 3.19. The highest BCUT2D eigenvalue weighted by atomic mass is 19.1. The molecule has 2 aromatic rings. The van der Waals surface area contributed by atoms with Crippen LogP contribution in [0.25, 0.3) is 0 Å². The van der Waals surface area contributed by atoms with E-state index in [0.717, 1.165) is 18.2 Å². The summed E-state index contributed by atoms with van der Waals surface area (Å²) in [7, 11) is 0. The lowest BCUT2D eigenvalue weighted by atomic mass is 9.88. The van der Waals surface area contributed by atoms with E-state index in [2.05, 4.69) is 0 Å². The van der Waals surface area contributed by atoms with Crippen molar-refractivity contribution in [2.75, 3.05) is 0 Å². The summed E-state index contributed by atoms with van der Waals surface area (Å²) < 4.78 is 32.3. The van der Waals surface area contributed by atoms with Gasteiger partial charge in [-0.05, 0) is 56.2 Å². The molecule has 0 aliphatic carbocycles. The van der Waals surface area contributed by atoms with Gasteiger partial charge in [0.15, 0.2) is 0 Å². The number of ether oxygens (including phenoxy) is 1. The van der Waals surface area contributed by atoms with Crippen LogP contribution in [0.4, 0.5) is 8.78 Å². The van der Waals surface area contributed by atoms with Gasteiger partial charge < -0.3 is 9.84 Å². The van der Waals surface area contributed by atoms with E-state index < -0.39 is 17.2 Å². The number of benzene rings is 2. The topological polar surface area (TPSA) is 29.5 Å². The van der Waals surface area contributed by atoms with Crippen molar-refractivity contribution in [2.45, 2.75) is 32.5 Å². The Bertz CT molecular complexity index is 616. The molecule has 0 aliphatic heterocycles. The van der Waals surface area contributed by atoms with Crippen molar-refractivity contribution >= 4 is 0 Å². The average molecular weight is 292 g/mol. The number of halogens is 2. The van der Waals surface area contributed by atoms with E-state index in [0.29, 0.717) is 11.3 Å². The first-order chi connectivity index (χ1) is 9.79. The molecule has 112 valence electrons. The third kappa shape index (κ3) is 3.58. The minimum Gasteiger partial charge on any atom is -0.491 e. The molecule has 2 aromatic carbocycles. The fourth-order valence-corrected chi connectivity index (χ4v) is 2.15. The van der Waals surface area contributed by atoms with E-state index in [-0.39, 0.29) is 11.7 Å². The van der Waals surface area contributed by atoms with Gasteiger partial charge >= 0.3 is 0 Å². The molecule has 0 spiro atoms. The van der Waals surface area contributed by atoms with E-state index in [1.807, 2.05) is 13.8 Å². The Balaban J connectivity index is 2.43. The van der Waals surface area contributed by atoms with E-state index in [1.165, 1.54) is 6.92 Å². The summed E-state index contributed by atoms with van der Waals surface area (Å²) in [6.45, 7) is 5.29. The molecule has 2 rings (SSSR count). The van der Waals surface area contributed by atoms with Gasteiger partial charge in [0.1, 0.15) is 23.0 Å². The summed E-state index contributed by atoms with van der Waals surface area (Å²) in [5.41, 5.74) is -0.855. The first-order valence-electron chi connectivity index (χ1n) is 6.75. The number of hydrogen-bond acceptors (Lipinski definition) is 2. The normalized spacial score (nSPS) is 14.0. The fraction of sp³-hybridized carbons (Fsp3) is 0.294. The number of hydrogen-bond donors (Lipinski definition) is 1. The standard InChI is InChI=1S/C17H18F2O2/c1-11(2)21-16-6-4-5-12(9-16)17(3,20)13-7-14(18)10-15(19)8-13/h4-11,20H,1-3H3. The van der Waals surface area contributed by atoms with Gasteiger partial charge in [0, 0.05) is 6.07 Å². The van der Waals surface area contributed by atoms with Gasteiger partial charge in [0.2, 0.25) is 0 Å². The first kappa shape index (κ1) is 15.4. The molecular formula is C17H18F2O2. The molecule has 0 amide bonds. The van der Waals surface area contributed by atoms with E-state index in [9.17, 15) is 13.9 Å². The SMILES string of the molecule is CC(C)Oc1cccc(C(C)(O)c2cc(F)cc(F)c2)c1. The van der Waals surface area contributed by atoms with Crippen molar-refractivity contribution in [1.82, 2.24) is 0 Å². The average Bonchev–Trinajstić information content (AvgIpc) is 2.37. The van der Waals surface area contributed by atoms with E-state index in [1.54, 1.807) is 24.3 Å². The maximum absolute atomic E-state index is 13.3. The lowest BCUT2D eigenvalue weighted by Gasteiger charge is -2.25. The van der Waals surface area contributed by atoms with Gasteiger partial charge in [0.05, 0.1) is 6.10 Å². The van der Waals surface area contributed by atoms with Crippen LogP contribution < -0.4 is 4.74 Å². The van der Waals surface area contributed by atoms with Crippen LogP contribution in [-0.2, 0) is 5.60 Å². The first-order valence-corrected chi connectivity index (χ1v) is 6.75. The van der Waals surface area contributed by atoms with Gasteiger partial charge in [-0.25, -0.2) is 8.78 Å². The summed E-state index contributed by atoms with van der Waals surface area (Å²) in [6, 6.07) is 9.89. The lowest BCUT2D eigenvalue weighted by Crippen LogP contribution is -2.23. The smallest absolute Gasteiger partial charge is 0.126 e. The van der Waals surface area contributed by atoms with Gasteiger partial charge in [-0.3, -0.25) is 0 Å². The minimum absolute atomic E-state index is 0.00295. The molecule has 0 heterocycles. The van der Waals surface area contributed by atoms with Gasteiger partial charge in [0.25, 0.3) is 0 Å². The van der Waals surface area contributed by atoms with Gasteiger partial charge in [-0.1, -0.05) is 12.1 Å². The maximum atomic E-state index is 13.3. The zero-order chi connectivity index (χ0) is 15.6. The summed E-state index contributed by atoms with van der Waals surface area (Å²) in [5.74, 6) is -0.848. The molecule has 1 N–H and O–H groups in total. The second-order valence-corrected chi connectivity index (χ2v) is 5.42. The Morgan fingerprint density at radius 1 is 1.00 bits per heavy atom. The Hall–Kier alpha value is -1.94. The highest BCUT2D eigenvalue weighted by molar-refractivity contribution is 5.39. The second kappa shape index (κ2) is 5.82. The summed E-state index contributed by atoms with van der Waals surface area (Å²) in [6.07, 6.45) is -0.00295. The molecule has 2 nitrogen and oxygen atoms in total. The van der Waals surface area contributed by atoms with Crippen LogP contribution in [0.3, 0.4) is 0 Å². The highest BCUT2D eigenvalue weighted by Crippen LogP contribution is 2.32. The van der Waals surface area contributed by atoms with Crippen LogP contribution in [-0.4, -0.2) is 11.2 Å². The Labute approximate surface area is 123 Å². The van der Waals surface area contributed by atoms with Crippen molar-refractivity contribution in [1.29, 1.82) is 0 Å². The van der Waals surface area contributed by atoms with Crippen molar-refractivity contribution in [3.8, 4) is 5.75 Å². The predicted octanol–water partition coefficient (Wildman–Crippen LogP) is 4.01. The van der Waals surface area contributed by atoms with E-state index >= 15 is 0 Å². The van der Waals surface area contributed by atoms with Crippen LogP contribution in [0.15, 0.2) is 42.5 Å². The number of rotatable bonds is 4. The summed E-state index contributed by atoms with van der Waals surface area (Å²) in [4.78, 5) is 0. The monoisotopic (exact) mass is 292 g/mol. The summed E-state index contributed by atoms with van der Waals surface area (Å²) >= 11 is 0. The molecule has 21 heavy (non-hydrogen) atoms. The molecule has 0 aliphatic rings. The molecule has 1 atom stereocenters. The minimum atomic E-state index is -1.51. The van der Waals surface area contributed by atoms with Crippen molar-refractivity contribution < 1.29 is 18.6 Å². The lowest BCUT2D eigenvalue weighted by molar-refractivity contribution is 0.101. The van der Waals surface area contributed by atoms with Crippen molar-refractivity contribution in [3.05, 3.63) is 65.2 Å². The molecule has 0 fully saturated rings. The summed E-state index contributed by atoms with van der Waals surface area (Å²) in [5, 5.41) is 10.7. The molecular weight excluding hydrogens is 274 g/mol. The molecule has 0 aromatic heterocycles. The molecule has 4 heteroatoms. The second-order valence-electron chi connectivity index (χ2n) is 5.42. The molecule has 0 bridgehead atoms. The third-order valence-corrected chi connectivity index (χ3v) is 3.19. The van der Waals surface area contributed by atoms with Crippen LogP contribution >= 0.6 is 0 Å². The quantitative estimate of drug-likeness (QED) is 0.922. The Kier molecular flexibility index (Phi) is 4.28. The van der Waals surface area contributed by atoms with Crippen molar-refractivity contribution in [3.63, 3.8) is 0 Å². The zero-order valence-corrected chi connectivity index (χ0v) is 12.2. The van der Waals surface area contributed by atoms with Crippen LogP contribution in [0.1, 0.15) is 31.9 Å². The fourth-order valence-electron chi connectivity index (χ4n) is 2.15. The maximum Gasteiger partial charge on any atom is 0.126 e. The zero-order valence-electron chi connectivity index (χ0n) is 12.2. The largest absolute Gasteiger partial charge is 0.491 e. The van der Waals surface area contributed by atoms with Crippen LogP contribution in [0.2, 0.25) is 0 Å². The molecule has 0 radical (unpaired) electrons. The van der Waals surface area contributed by atoms with Crippen molar-refractivity contribution in [2.24, 2.45) is 0 Å². The molecule has 0 saturated carbocycles. The van der Waals surface area contributed by atoms with Gasteiger partial charge in [-0.15, -0.1) is 0 Å².